The fourth-order valence-electron chi connectivity index (χ4n) is 3.46. The number of aliphatic hydroxyl groups is 2. The molecular weight excluding hydrogens is 368 g/mol. The third-order valence-electron chi connectivity index (χ3n) is 5.02. The van der Waals surface area contributed by atoms with Crippen molar-refractivity contribution in [2.24, 2.45) is 0 Å². The number of aliphatic hydroxyl groups excluding tert-OH is 2. The van der Waals surface area contributed by atoms with E-state index in [1.165, 1.54) is 16.8 Å². The Morgan fingerprint density at radius 2 is 1.79 bits per heavy atom. The van der Waals surface area contributed by atoms with Gasteiger partial charge in [-0.1, -0.05) is 24.3 Å². The maximum atomic E-state index is 10.3. The molecule has 0 radical (unpaired) electrons. The number of aromatic hydroxyl groups is 1. The Morgan fingerprint density at radius 3 is 2.66 bits per heavy atom. The summed E-state index contributed by atoms with van der Waals surface area (Å²) in [4.78, 5) is 3.40. The average Bonchev–Trinajstić information content (AvgIpc) is 3.11. The molecule has 5 N–H and O–H groups in total. The van der Waals surface area contributed by atoms with Crippen LogP contribution in [0, 0.1) is 0 Å². The van der Waals surface area contributed by atoms with Gasteiger partial charge in [0.25, 0.3) is 0 Å². The molecule has 0 saturated carbocycles. The quantitative estimate of drug-likeness (QED) is 0.297. The second-order valence-corrected chi connectivity index (χ2v) is 6.99. The van der Waals surface area contributed by atoms with Gasteiger partial charge < -0.3 is 30.4 Å². The van der Waals surface area contributed by atoms with Crippen molar-refractivity contribution in [3.63, 3.8) is 0 Å². The lowest BCUT2D eigenvalue weighted by Crippen LogP contribution is -2.26. The van der Waals surface area contributed by atoms with Crippen molar-refractivity contribution in [1.82, 2.24) is 10.3 Å². The van der Waals surface area contributed by atoms with Gasteiger partial charge >= 0.3 is 0 Å². The molecule has 0 aliphatic rings. The third kappa shape index (κ3) is 4.19. The molecule has 0 bridgehead atoms. The van der Waals surface area contributed by atoms with Crippen molar-refractivity contribution in [3.05, 3.63) is 71.8 Å². The molecule has 0 aliphatic carbocycles. The Bertz CT molecular complexity index is 1120. The molecule has 0 spiro atoms. The summed E-state index contributed by atoms with van der Waals surface area (Å²) >= 11 is 0. The number of fused-ring (bicyclic) bond motifs is 3. The fraction of sp³-hybridized carbons (Fsp3) is 0.217. The van der Waals surface area contributed by atoms with Gasteiger partial charge in [0.1, 0.15) is 18.1 Å². The fourth-order valence-corrected chi connectivity index (χ4v) is 3.46. The van der Waals surface area contributed by atoms with Crippen LogP contribution in [-0.2, 0) is 6.61 Å². The van der Waals surface area contributed by atoms with Crippen LogP contribution in [0.4, 0.5) is 0 Å². The molecule has 6 heteroatoms. The van der Waals surface area contributed by atoms with Crippen LogP contribution in [0.1, 0.15) is 17.2 Å². The normalized spacial score (nSPS) is 12.5. The van der Waals surface area contributed by atoms with E-state index in [1.807, 2.05) is 24.3 Å². The first-order valence-electron chi connectivity index (χ1n) is 9.60. The first-order chi connectivity index (χ1) is 14.2. The first kappa shape index (κ1) is 19.3. The Kier molecular flexibility index (Phi) is 5.67. The molecule has 4 aromatic rings. The minimum Gasteiger partial charge on any atom is -0.508 e. The summed E-state index contributed by atoms with van der Waals surface area (Å²) < 4.78 is 5.82. The van der Waals surface area contributed by atoms with Crippen LogP contribution < -0.4 is 10.1 Å². The Hall–Kier alpha value is -3.06. The second kappa shape index (κ2) is 8.53. The van der Waals surface area contributed by atoms with Gasteiger partial charge in [0.2, 0.25) is 0 Å². The molecule has 1 heterocycles. The highest BCUT2D eigenvalue weighted by Gasteiger charge is 2.10. The SMILES string of the molecule is OCc1cc(C(O)CNCCOc2ccc3c(c2)[nH]c2ccccc23)ccc1O. The topological polar surface area (TPSA) is 97.7 Å². The molecule has 1 unspecified atom stereocenters. The number of benzene rings is 3. The minimum atomic E-state index is -0.733. The molecule has 1 aromatic heterocycles. The van der Waals surface area contributed by atoms with Gasteiger partial charge in [-0.3, -0.25) is 0 Å². The van der Waals surface area contributed by atoms with E-state index in [1.54, 1.807) is 12.1 Å². The van der Waals surface area contributed by atoms with Crippen molar-refractivity contribution >= 4 is 21.8 Å². The number of ether oxygens (including phenoxy) is 1. The monoisotopic (exact) mass is 392 g/mol. The number of phenols is 1. The van der Waals surface area contributed by atoms with Gasteiger partial charge in [-0.05, 0) is 35.9 Å². The smallest absolute Gasteiger partial charge is 0.121 e. The Balaban J connectivity index is 1.28. The standard InChI is InChI=1S/C23H24N2O4/c26-14-16-11-15(5-8-22(16)27)23(28)13-24-9-10-29-17-6-7-19-18-3-1-2-4-20(18)25-21(19)12-17/h1-8,11-12,23-28H,9-10,13-14H2. The number of rotatable bonds is 8. The van der Waals surface area contributed by atoms with Gasteiger partial charge in [-0.2, -0.15) is 0 Å². The van der Waals surface area contributed by atoms with Crippen LogP contribution in [0.15, 0.2) is 60.7 Å². The van der Waals surface area contributed by atoms with E-state index in [0.29, 0.717) is 30.8 Å². The Morgan fingerprint density at radius 1 is 0.966 bits per heavy atom. The first-order valence-corrected chi connectivity index (χ1v) is 9.60. The summed E-state index contributed by atoms with van der Waals surface area (Å²) in [5.74, 6) is 0.814. The van der Waals surface area contributed by atoms with E-state index in [0.717, 1.165) is 16.8 Å². The number of hydrogen-bond acceptors (Lipinski definition) is 5. The lowest BCUT2D eigenvalue weighted by Gasteiger charge is -2.14. The number of para-hydroxylation sites is 1. The molecule has 150 valence electrons. The van der Waals surface area contributed by atoms with Crippen LogP contribution >= 0.6 is 0 Å². The molecule has 4 rings (SSSR count). The lowest BCUT2D eigenvalue weighted by atomic mass is 10.1. The molecule has 0 saturated heterocycles. The highest BCUT2D eigenvalue weighted by Crippen LogP contribution is 2.28. The number of nitrogens with one attached hydrogen (secondary N) is 2. The lowest BCUT2D eigenvalue weighted by molar-refractivity contribution is 0.171. The van der Waals surface area contributed by atoms with E-state index < -0.39 is 6.10 Å². The van der Waals surface area contributed by atoms with Crippen LogP contribution in [0.25, 0.3) is 21.8 Å². The summed E-state index contributed by atoms with van der Waals surface area (Å²) in [7, 11) is 0. The molecule has 3 aromatic carbocycles. The van der Waals surface area contributed by atoms with Crippen molar-refractivity contribution in [2.45, 2.75) is 12.7 Å². The van der Waals surface area contributed by atoms with Gasteiger partial charge in [0.05, 0.1) is 18.2 Å². The van der Waals surface area contributed by atoms with Gasteiger partial charge in [-0.15, -0.1) is 0 Å². The number of aromatic amines is 1. The molecular formula is C23H24N2O4. The summed E-state index contributed by atoms with van der Waals surface area (Å²) in [5, 5.41) is 34.6. The maximum absolute atomic E-state index is 10.3. The highest BCUT2D eigenvalue weighted by atomic mass is 16.5. The maximum Gasteiger partial charge on any atom is 0.121 e. The van der Waals surface area contributed by atoms with Crippen molar-refractivity contribution < 1.29 is 20.1 Å². The van der Waals surface area contributed by atoms with Gasteiger partial charge in [-0.25, -0.2) is 0 Å². The van der Waals surface area contributed by atoms with E-state index >= 15 is 0 Å². The predicted octanol–water partition coefficient (Wildman–Crippen LogP) is 3.22. The Labute approximate surface area is 168 Å². The molecule has 29 heavy (non-hydrogen) atoms. The minimum absolute atomic E-state index is 0.0248. The molecule has 0 aliphatic heterocycles. The van der Waals surface area contributed by atoms with E-state index in [4.69, 9.17) is 4.74 Å². The van der Waals surface area contributed by atoms with Crippen LogP contribution in [-0.4, -0.2) is 40.0 Å². The van der Waals surface area contributed by atoms with E-state index in [2.05, 4.69) is 28.5 Å². The average molecular weight is 392 g/mol. The second-order valence-electron chi connectivity index (χ2n) is 6.99. The zero-order valence-corrected chi connectivity index (χ0v) is 15.9. The van der Waals surface area contributed by atoms with Gasteiger partial charge in [0.15, 0.2) is 0 Å². The predicted molar refractivity (Wildman–Crippen MR) is 113 cm³/mol. The van der Waals surface area contributed by atoms with Gasteiger partial charge in [0, 0.05) is 41.0 Å². The molecule has 0 amide bonds. The van der Waals surface area contributed by atoms with Crippen LogP contribution in [0.2, 0.25) is 0 Å². The zero-order chi connectivity index (χ0) is 20.2. The molecule has 6 nitrogen and oxygen atoms in total. The van der Waals surface area contributed by atoms with Crippen LogP contribution in [0.3, 0.4) is 0 Å². The van der Waals surface area contributed by atoms with Crippen molar-refractivity contribution in [1.29, 1.82) is 0 Å². The van der Waals surface area contributed by atoms with E-state index in [9.17, 15) is 15.3 Å². The van der Waals surface area contributed by atoms with E-state index in [-0.39, 0.29) is 12.4 Å². The zero-order valence-electron chi connectivity index (χ0n) is 15.9. The molecule has 0 fully saturated rings. The highest BCUT2D eigenvalue weighted by molar-refractivity contribution is 6.07. The number of H-pyrrole nitrogens is 1. The largest absolute Gasteiger partial charge is 0.508 e. The summed E-state index contributed by atoms with van der Waals surface area (Å²) in [5.41, 5.74) is 3.19. The summed E-state index contributed by atoms with van der Waals surface area (Å²) in [6.07, 6.45) is -0.733. The number of hydrogen-bond donors (Lipinski definition) is 5. The van der Waals surface area contributed by atoms with Crippen LogP contribution in [0.5, 0.6) is 11.5 Å². The summed E-state index contributed by atoms with van der Waals surface area (Å²) in [6, 6.07) is 18.9. The number of aromatic nitrogens is 1. The van der Waals surface area contributed by atoms with Crippen molar-refractivity contribution in [3.8, 4) is 11.5 Å². The third-order valence-corrected chi connectivity index (χ3v) is 5.02. The molecule has 1 atom stereocenters. The summed E-state index contributed by atoms with van der Waals surface area (Å²) in [6.45, 7) is 1.12. The van der Waals surface area contributed by atoms with Crippen molar-refractivity contribution in [2.75, 3.05) is 19.7 Å².